The lowest BCUT2D eigenvalue weighted by atomic mass is 9.94. The van der Waals surface area contributed by atoms with Crippen LogP contribution in [-0.2, 0) is 20.6 Å². The van der Waals surface area contributed by atoms with Crippen molar-refractivity contribution >= 4 is 15.9 Å². The van der Waals surface area contributed by atoms with E-state index in [9.17, 15) is 13.2 Å². The van der Waals surface area contributed by atoms with Gasteiger partial charge in [0.05, 0.1) is 11.8 Å². The summed E-state index contributed by atoms with van der Waals surface area (Å²) in [5.74, 6) is -0.233. The number of nitrogens with zero attached hydrogens (tertiary/aromatic N) is 1. The third kappa shape index (κ3) is 5.89. The van der Waals surface area contributed by atoms with Crippen molar-refractivity contribution in [3.63, 3.8) is 0 Å². The molecule has 33 heavy (non-hydrogen) atoms. The summed E-state index contributed by atoms with van der Waals surface area (Å²) >= 11 is 0. The number of carbonyl (C=O) groups is 1. The summed E-state index contributed by atoms with van der Waals surface area (Å²) in [7, 11) is -3.40. The predicted octanol–water partition coefficient (Wildman–Crippen LogP) is 4.44. The minimum Gasteiger partial charge on any atom is -0.345 e. The van der Waals surface area contributed by atoms with Crippen LogP contribution < -0.4 is 5.32 Å². The smallest absolute Gasteiger partial charge is 0.223 e. The van der Waals surface area contributed by atoms with Gasteiger partial charge in [-0.1, -0.05) is 90.5 Å². The predicted molar refractivity (Wildman–Crippen MR) is 131 cm³/mol. The summed E-state index contributed by atoms with van der Waals surface area (Å²) in [6.07, 6.45) is 1.05. The molecule has 4 rings (SSSR count). The van der Waals surface area contributed by atoms with E-state index in [0.717, 1.165) is 16.7 Å². The van der Waals surface area contributed by atoms with Gasteiger partial charge < -0.3 is 5.32 Å². The number of benzene rings is 3. The van der Waals surface area contributed by atoms with E-state index in [1.54, 1.807) is 0 Å². The van der Waals surface area contributed by atoms with Crippen LogP contribution in [0.2, 0.25) is 0 Å². The largest absolute Gasteiger partial charge is 0.345 e. The highest BCUT2D eigenvalue weighted by Gasteiger charge is 2.32. The van der Waals surface area contributed by atoms with Gasteiger partial charge in [0.15, 0.2) is 0 Å². The fraction of sp³-hybridized carbons (Fsp3) is 0.296. The second-order valence-electron chi connectivity index (χ2n) is 8.68. The molecule has 3 aromatic rings. The van der Waals surface area contributed by atoms with E-state index in [-0.39, 0.29) is 23.6 Å². The molecule has 1 N–H and O–H groups in total. The van der Waals surface area contributed by atoms with E-state index in [4.69, 9.17) is 0 Å². The molecule has 1 saturated heterocycles. The van der Waals surface area contributed by atoms with Gasteiger partial charge in [-0.2, -0.15) is 0 Å². The molecule has 0 bridgehead atoms. The van der Waals surface area contributed by atoms with E-state index >= 15 is 0 Å². The number of amides is 1. The molecular weight excluding hydrogens is 432 g/mol. The van der Waals surface area contributed by atoms with Crippen molar-refractivity contribution in [2.75, 3.05) is 13.1 Å². The quantitative estimate of drug-likeness (QED) is 0.564. The van der Waals surface area contributed by atoms with E-state index < -0.39 is 10.0 Å². The molecule has 172 valence electrons. The van der Waals surface area contributed by atoms with E-state index in [1.165, 1.54) is 9.87 Å². The first kappa shape index (κ1) is 23.2. The minimum absolute atomic E-state index is 0.00575. The Kier molecular flexibility index (Phi) is 7.26. The van der Waals surface area contributed by atoms with Crippen LogP contribution in [0, 0.1) is 12.8 Å². The fourth-order valence-corrected chi connectivity index (χ4v) is 5.86. The first-order valence-corrected chi connectivity index (χ1v) is 13.0. The summed E-state index contributed by atoms with van der Waals surface area (Å²) < 4.78 is 27.2. The number of piperidine rings is 1. The molecule has 0 aromatic heterocycles. The van der Waals surface area contributed by atoms with Crippen molar-refractivity contribution in [3.8, 4) is 0 Å². The molecule has 0 unspecified atom stereocenters. The molecule has 5 nitrogen and oxygen atoms in total. The first-order chi connectivity index (χ1) is 15.9. The molecule has 6 heteroatoms. The molecule has 0 aliphatic carbocycles. The lowest BCUT2D eigenvalue weighted by Crippen LogP contribution is -2.44. The standard InChI is InChI=1S/C27H30N2O3S/c1-21-12-14-24(15-13-21)26(23-10-6-3-7-11-23)28-27(30)25-16-18-29(19-17-25)33(31,32)20-22-8-4-2-5-9-22/h2-15,25-26H,16-20H2,1H3,(H,28,30)/t26-/m0/s1. The van der Waals surface area contributed by atoms with Gasteiger partial charge in [-0.3, -0.25) is 4.79 Å². The average molecular weight is 463 g/mol. The van der Waals surface area contributed by atoms with Crippen molar-refractivity contribution in [2.45, 2.75) is 31.6 Å². The van der Waals surface area contributed by atoms with Gasteiger partial charge in [-0.15, -0.1) is 0 Å². The van der Waals surface area contributed by atoms with Crippen LogP contribution in [0.15, 0.2) is 84.9 Å². The average Bonchev–Trinajstić information content (AvgIpc) is 2.84. The fourth-order valence-electron chi connectivity index (χ4n) is 4.30. The lowest BCUT2D eigenvalue weighted by molar-refractivity contribution is -0.126. The molecule has 0 spiro atoms. The van der Waals surface area contributed by atoms with Gasteiger partial charge >= 0.3 is 0 Å². The number of nitrogens with one attached hydrogen (secondary N) is 1. The van der Waals surface area contributed by atoms with Crippen LogP contribution in [-0.4, -0.2) is 31.7 Å². The number of hydrogen-bond acceptors (Lipinski definition) is 3. The van der Waals surface area contributed by atoms with E-state index in [0.29, 0.717) is 25.9 Å². The summed E-state index contributed by atoms with van der Waals surface area (Å²) in [5.41, 5.74) is 4.00. The lowest BCUT2D eigenvalue weighted by Gasteiger charge is -2.31. The van der Waals surface area contributed by atoms with Crippen LogP contribution in [0.5, 0.6) is 0 Å². The Bertz CT molecular complexity index is 1160. The van der Waals surface area contributed by atoms with Crippen LogP contribution in [0.3, 0.4) is 0 Å². The van der Waals surface area contributed by atoms with Gasteiger partial charge in [0.25, 0.3) is 0 Å². The molecule has 0 radical (unpaired) electrons. The SMILES string of the molecule is Cc1ccc([C@@H](NC(=O)C2CCN(S(=O)(=O)Cc3ccccc3)CC2)c2ccccc2)cc1. The maximum absolute atomic E-state index is 13.2. The van der Waals surface area contributed by atoms with Crippen LogP contribution in [0.1, 0.15) is 41.1 Å². The summed E-state index contributed by atoms with van der Waals surface area (Å²) in [6.45, 7) is 2.78. The second-order valence-corrected chi connectivity index (χ2v) is 10.6. The van der Waals surface area contributed by atoms with Gasteiger partial charge in [0, 0.05) is 19.0 Å². The van der Waals surface area contributed by atoms with Crippen molar-refractivity contribution in [1.29, 1.82) is 0 Å². The zero-order chi connectivity index (χ0) is 23.3. The van der Waals surface area contributed by atoms with E-state index in [1.807, 2.05) is 91.9 Å². The van der Waals surface area contributed by atoms with Crippen molar-refractivity contribution in [2.24, 2.45) is 5.92 Å². The molecule has 0 saturated carbocycles. The molecule has 1 fully saturated rings. The van der Waals surface area contributed by atoms with Gasteiger partial charge in [-0.05, 0) is 36.5 Å². The van der Waals surface area contributed by atoms with Crippen LogP contribution in [0.25, 0.3) is 0 Å². The Morgan fingerprint density at radius 3 is 2.03 bits per heavy atom. The molecule has 3 aromatic carbocycles. The number of rotatable bonds is 7. The summed E-state index contributed by atoms with van der Waals surface area (Å²) in [5, 5.41) is 3.23. The van der Waals surface area contributed by atoms with Crippen molar-refractivity contribution in [1.82, 2.24) is 9.62 Å². The van der Waals surface area contributed by atoms with Gasteiger partial charge in [-0.25, -0.2) is 12.7 Å². The Balaban J connectivity index is 1.41. The van der Waals surface area contributed by atoms with Gasteiger partial charge in [0.1, 0.15) is 0 Å². The molecule has 1 amide bonds. The second kappa shape index (κ2) is 10.3. The minimum atomic E-state index is -3.40. The highest BCUT2D eigenvalue weighted by molar-refractivity contribution is 7.88. The topological polar surface area (TPSA) is 66.5 Å². The Morgan fingerprint density at radius 1 is 0.879 bits per heavy atom. The molecular formula is C27H30N2O3S. The summed E-state index contributed by atoms with van der Waals surface area (Å²) in [6, 6.07) is 27.1. The van der Waals surface area contributed by atoms with Crippen LogP contribution in [0.4, 0.5) is 0 Å². The van der Waals surface area contributed by atoms with Crippen molar-refractivity contribution < 1.29 is 13.2 Å². The maximum Gasteiger partial charge on any atom is 0.223 e. The highest BCUT2D eigenvalue weighted by atomic mass is 32.2. The van der Waals surface area contributed by atoms with E-state index in [2.05, 4.69) is 5.32 Å². The number of sulfonamides is 1. The maximum atomic E-state index is 13.2. The van der Waals surface area contributed by atoms with Gasteiger partial charge in [0.2, 0.25) is 15.9 Å². The Hall–Kier alpha value is -2.96. The molecule has 1 heterocycles. The number of carbonyl (C=O) groups excluding carboxylic acids is 1. The molecule has 1 aliphatic heterocycles. The first-order valence-electron chi connectivity index (χ1n) is 11.4. The highest BCUT2D eigenvalue weighted by Crippen LogP contribution is 2.26. The normalized spacial score (nSPS) is 16.3. The zero-order valence-corrected chi connectivity index (χ0v) is 19.7. The Labute approximate surface area is 196 Å². The zero-order valence-electron chi connectivity index (χ0n) is 18.9. The van der Waals surface area contributed by atoms with Crippen molar-refractivity contribution in [3.05, 3.63) is 107 Å². The Morgan fingerprint density at radius 2 is 1.42 bits per heavy atom. The molecule has 1 aliphatic rings. The monoisotopic (exact) mass is 462 g/mol. The molecule has 1 atom stereocenters. The third-order valence-electron chi connectivity index (χ3n) is 6.24. The number of hydrogen-bond donors (Lipinski definition) is 1. The number of aryl methyl sites for hydroxylation is 1. The van der Waals surface area contributed by atoms with Crippen LogP contribution >= 0.6 is 0 Å². The summed E-state index contributed by atoms with van der Waals surface area (Å²) in [4.78, 5) is 13.2. The third-order valence-corrected chi connectivity index (χ3v) is 8.09.